The molecule has 0 bridgehead atoms. The summed E-state index contributed by atoms with van der Waals surface area (Å²) in [6.45, 7) is 5.11. The van der Waals surface area contributed by atoms with Crippen molar-refractivity contribution >= 4 is 23.2 Å². The number of para-hydroxylation sites is 1. The third-order valence-corrected chi connectivity index (χ3v) is 5.67. The summed E-state index contributed by atoms with van der Waals surface area (Å²) in [4.78, 5) is 31.4. The van der Waals surface area contributed by atoms with Gasteiger partial charge in [0.1, 0.15) is 5.75 Å². The fourth-order valence-corrected chi connectivity index (χ4v) is 4.05. The highest BCUT2D eigenvalue weighted by molar-refractivity contribution is 6.22. The maximum Gasteiger partial charge on any atom is 0.251 e. The molecule has 0 radical (unpaired) electrons. The summed E-state index contributed by atoms with van der Waals surface area (Å²) in [5.74, 6) is 0.632. The van der Waals surface area contributed by atoms with E-state index in [1.54, 1.807) is 7.11 Å². The molecule has 0 aromatic heterocycles. The lowest BCUT2D eigenvalue weighted by molar-refractivity contribution is -0.123. The van der Waals surface area contributed by atoms with Crippen LogP contribution in [0, 0.1) is 6.92 Å². The Morgan fingerprint density at radius 3 is 2.25 bits per heavy atom. The minimum atomic E-state index is -0.356. The summed E-state index contributed by atoms with van der Waals surface area (Å²) in [7, 11) is 1.66. The van der Waals surface area contributed by atoms with Crippen LogP contribution in [0.1, 0.15) is 12.0 Å². The largest absolute Gasteiger partial charge is 0.497 e. The van der Waals surface area contributed by atoms with Gasteiger partial charge in [-0.05, 0) is 42.8 Å². The van der Waals surface area contributed by atoms with Gasteiger partial charge in [0, 0.05) is 31.9 Å². The van der Waals surface area contributed by atoms with Crippen molar-refractivity contribution in [1.82, 2.24) is 4.90 Å². The molecule has 2 aromatic carbocycles. The Kier molecular flexibility index (Phi) is 5.05. The molecule has 2 aliphatic heterocycles. The number of nitrogens with zero attached hydrogens (tertiary/aromatic N) is 3. The van der Waals surface area contributed by atoms with Gasteiger partial charge in [-0.15, -0.1) is 0 Å². The Balaban J connectivity index is 1.43. The highest BCUT2D eigenvalue weighted by Gasteiger charge is 2.43. The smallest absolute Gasteiger partial charge is 0.251 e. The summed E-state index contributed by atoms with van der Waals surface area (Å²) in [6, 6.07) is 15.2. The minimum absolute atomic E-state index is 0.0998. The predicted molar refractivity (Wildman–Crippen MR) is 109 cm³/mol. The van der Waals surface area contributed by atoms with Crippen LogP contribution in [0.2, 0.25) is 0 Å². The second-order valence-corrected chi connectivity index (χ2v) is 7.29. The number of anilines is 2. The summed E-state index contributed by atoms with van der Waals surface area (Å²) in [6.07, 6.45) is 0.260. The van der Waals surface area contributed by atoms with Gasteiger partial charge < -0.3 is 9.64 Å². The lowest BCUT2D eigenvalue weighted by Crippen LogP contribution is -2.52. The SMILES string of the molecule is COc1ccc(N2CCN(C3CC(=O)N(c4ccccc4C)C3=O)CC2)cc1. The Labute approximate surface area is 165 Å². The highest BCUT2D eigenvalue weighted by atomic mass is 16.5. The fourth-order valence-electron chi connectivity index (χ4n) is 4.05. The Bertz CT molecular complexity index is 873. The first kappa shape index (κ1) is 18.5. The number of hydrogen-bond acceptors (Lipinski definition) is 5. The zero-order valence-electron chi connectivity index (χ0n) is 16.3. The predicted octanol–water partition coefficient (Wildman–Crippen LogP) is 2.46. The normalized spacial score (nSPS) is 20.7. The molecule has 6 nitrogen and oxygen atoms in total. The molecule has 0 aliphatic carbocycles. The van der Waals surface area contributed by atoms with E-state index in [2.05, 4.69) is 21.9 Å². The maximum atomic E-state index is 13.0. The van der Waals surface area contributed by atoms with Crippen LogP contribution in [0.3, 0.4) is 0 Å². The molecule has 0 saturated carbocycles. The maximum absolute atomic E-state index is 13.0. The molecular weight excluding hydrogens is 354 g/mol. The lowest BCUT2D eigenvalue weighted by atomic mass is 10.1. The number of methoxy groups -OCH3 is 1. The van der Waals surface area contributed by atoms with E-state index in [1.165, 1.54) is 4.90 Å². The lowest BCUT2D eigenvalue weighted by Gasteiger charge is -2.38. The standard InChI is InChI=1S/C22H25N3O3/c1-16-5-3-4-6-19(16)25-21(26)15-20(22(25)27)24-13-11-23(12-14-24)17-7-9-18(28-2)10-8-17/h3-10,20H,11-15H2,1-2H3. The molecule has 2 fully saturated rings. The molecule has 2 aromatic rings. The second-order valence-electron chi connectivity index (χ2n) is 7.29. The van der Waals surface area contributed by atoms with Gasteiger partial charge in [0.05, 0.1) is 25.3 Å². The van der Waals surface area contributed by atoms with Crippen LogP contribution in [0.5, 0.6) is 5.75 Å². The van der Waals surface area contributed by atoms with E-state index >= 15 is 0 Å². The second kappa shape index (κ2) is 7.64. The molecule has 28 heavy (non-hydrogen) atoms. The van der Waals surface area contributed by atoms with Gasteiger partial charge in [0.2, 0.25) is 5.91 Å². The van der Waals surface area contributed by atoms with Crippen molar-refractivity contribution in [3.05, 3.63) is 54.1 Å². The van der Waals surface area contributed by atoms with Crippen molar-refractivity contribution in [2.75, 3.05) is 43.1 Å². The van der Waals surface area contributed by atoms with E-state index in [4.69, 9.17) is 4.74 Å². The number of rotatable bonds is 4. The number of piperazine rings is 1. The van der Waals surface area contributed by atoms with E-state index < -0.39 is 0 Å². The number of amides is 2. The summed E-state index contributed by atoms with van der Waals surface area (Å²) in [5, 5.41) is 0. The Hall–Kier alpha value is -2.86. The Morgan fingerprint density at radius 2 is 1.61 bits per heavy atom. The third kappa shape index (κ3) is 3.36. The summed E-state index contributed by atoms with van der Waals surface area (Å²) < 4.78 is 5.22. The van der Waals surface area contributed by atoms with Gasteiger partial charge in [0.25, 0.3) is 5.91 Å². The molecule has 2 heterocycles. The number of carbonyl (C=O) groups excluding carboxylic acids is 2. The van der Waals surface area contributed by atoms with Gasteiger partial charge in [0.15, 0.2) is 0 Å². The number of aryl methyl sites for hydroxylation is 1. The van der Waals surface area contributed by atoms with Crippen LogP contribution < -0.4 is 14.5 Å². The summed E-state index contributed by atoms with van der Waals surface area (Å²) >= 11 is 0. The third-order valence-electron chi connectivity index (χ3n) is 5.67. The average Bonchev–Trinajstić information content (AvgIpc) is 3.03. The van der Waals surface area contributed by atoms with Crippen LogP contribution in [0.25, 0.3) is 0 Å². The molecular formula is C22H25N3O3. The molecule has 1 atom stereocenters. The molecule has 2 saturated heterocycles. The number of imide groups is 1. The van der Waals surface area contributed by atoms with Crippen molar-refractivity contribution in [3.63, 3.8) is 0 Å². The topological polar surface area (TPSA) is 53.1 Å². The molecule has 6 heteroatoms. The first-order valence-electron chi connectivity index (χ1n) is 9.64. The molecule has 2 amide bonds. The number of ether oxygens (including phenoxy) is 1. The van der Waals surface area contributed by atoms with Crippen molar-refractivity contribution < 1.29 is 14.3 Å². The fraction of sp³-hybridized carbons (Fsp3) is 0.364. The van der Waals surface area contributed by atoms with Crippen LogP contribution in [0.15, 0.2) is 48.5 Å². The van der Waals surface area contributed by atoms with E-state index in [-0.39, 0.29) is 24.3 Å². The van der Waals surface area contributed by atoms with Crippen LogP contribution >= 0.6 is 0 Å². The zero-order chi connectivity index (χ0) is 19.7. The number of hydrogen-bond donors (Lipinski definition) is 0. The van der Waals surface area contributed by atoms with Crippen LogP contribution in [-0.4, -0.2) is 56.0 Å². The van der Waals surface area contributed by atoms with Gasteiger partial charge in [-0.2, -0.15) is 0 Å². The van der Waals surface area contributed by atoms with E-state index in [0.717, 1.165) is 43.2 Å². The van der Waals surface area contributed by atoms with E-state index in [0.29, 0.717) is 5.69 Å². The molecule has 146 valence electrons. The monoisotopic (exact) mass is 379 g/mol. The van der Waals surface area contributed by atoms with Crippen molar-refractivity contribution in [2.45, 2.75) is 19.4 Å². The average molecular weight is 379 g/mol. The highest BCUT2D eigenvalue weighted by Crippen LogP contribution is 2.29. The quantitative estimate of drug-likeness (QED) is 0.764. The van der Waals surface area contributed by atoms with Crippen molar-refractivity contribution in [3.8, 4) is 5.75 Å². The van der Waals surface area contributed by atoms with Gasteiger partial charge in [-0.1, -0.05) is 18.2 Å². The van der Waals surface area contributed by atoms with Crippen molar-refractivity contribution in [1.29, 1.82) is 0 Å². The number of benzene rings is 2. The van der Waals surface area contributed by atoms with E-state index in [9.17, 15) is 9.59 Å². The van der Waals surface area contributed by atoms with Gasteiger partial charge >= 0.3 is 0 Å². The first-order chi connectivity index (χ1) is 13.6. The summed E-state index contributed by atoms with van der Waals surface area (Å²) in [5.41, 5.74) is 2.79. The molecule has 0 spiro atoms. The first-order valence-corrected chi connectivity index (χ1v) is 9.64. The van der Waals surface area contributed by atoms with Gasteiger partial charge in [-0.25, -0.2) is 4.90 Å². The van der Waals surface area contributed by atoms with Crippen LogP contribution in [-0.2, 0) is 9.59 Å². The molecule has 2 aliphatic rings. The van der Waals surface area contributed by atoms with Crippen molar-refractivity contribution in [2.24, 2.45) is 0 Å². The Morgan fingerprint density at radius 1 is 0.929 bits per heavy atom. The number of carbonyl (C=O) groups is 2. The van der Waals surface area contributed by atoms with Gasteiger partial charge in [-0.3, -0.25) is 14.5 Å². The van der Waals surface area contributed by atoms with Crippen LogP contribution in [0.4, 0.5) is 11.4 Å². The molecule has 0 N–H and O–H groups in total. The minimum Gasteiger partial charge on any atom is -0.497 e. The zero-order valence-corrected chi connectivity index (χ0v) is 16.3. The van der Waals surface area contributed by atoms with E-state index in [1.807, 2.05) is 43.3 Å². The molecule has 4 rings (SSSR count). The molecule has 1 unspecified atom stereocenters.